The van der Waals surface area contributed by atoms with Crippen LogP contribution < -0.4 is 15.1 Å². The van der Waals surface area contributed by atoms with Crippen molar-refractivity contribution in [2.75, 3.05) is 29.4 Å². The Labute approximate surface area is 211 Å². The third-order valence-corrected chi connectivity index (χ3v) is 7.04. The second-order valence-electron chi connectivity index (χ2n) is 9.67. The first-order valence-corrected chi connectivity index (χ1v) is 12.5. The van der Waals surface area contributed by atoms with Crippen LogP contribution in [0.1, 0.15) is 61.3 Å². The molecule has 6 nitrogen and oxygen atoms in total. The number of benzene rings is 1. The number of aliphatic hydroxyl groups is 1. The standard InChI is InChI=1S/C25H31F6N5O/c1-2-21-11-20(32-12-16-8-18(24(26,27)28)10-19(9-16)25(29,30)31)14-36(21)22-17(15-37)13-33-23(34-22)35-6-4-3-5-7-35/h8-10,13,20-21,32,37H,2-7,11-12,14-15H2,1H3/t20-,21?/m0/s1. The normalized spacial score (nSPS) is 21.1. The predicted octanol–water partition coefficient (Wildman–Crippen LogP) is 5.14. The summed E-state index contributed by atoms with van der Waals surface area (Å²) < 4.78 is 79.3. The maximum atomic E-state index is 13.2. The average Bonchev–Trinajstić information content (AvgIpc) is 3.29. The van der Waals surface area contributed by atoms with Gasteiger partial charge in [-0.25, -0.2) is 4.98 Å². The molecular weight excluding hydrogens is 500 g/mol. The zero-order valence-corrected chi connectivity index (χ0v) is 20.5. The van der Waals surface area contributed by atoms with Crippen molar-refractivity contribution in [2.24, 2.45) is 0 Å². The highest BCUT2D eigenvalue weighted by atomic mass is 19.4. The molecule has 0 radical (unpaired) electrons. The number of hydrogen-bond donors (Lipinski definition) is 2. The highest BCUT2D eigenvalue weighted by molar-refractivity contribution is 5.52. The van der Waals surface area contributed by atoms with E-state index >= 15 is 0 Å². The highest BCUT2D eigenvalue weighted by Crippen LogP contribution is 2.37. The number of aromatic nitrogens is 2. The molecule has 1 aromatic carbocycles. The molecule has 2 aliphatic heterocycles. The van der Waals surface area contributed by atoms with Crippen molar-refractivity contribution < 1.29 is 31.4 Å². The molecule has 2 fully saturated rings. The highest BCUT2D eigenvalue weighted by Gasteiger charge is 2.37. The van der Waals surface area contributed by atoms with Crippen LogP contribution in [-0.4, -0.2) is 46.8 Å². The lowest BCUT2D eigenvalue weighted by molar-refractivity contribution is -0.143. The Bertz CT molecular complexity index is 1040. The number of alkyl halides is 6. The molecule has 2 saturated heterocycles. The second-order valence-corrected chi connectivity index (χ2v) is 9.67. The maximum absolute atomic E-state index is 13.2. The lowest BCUT2D eigenvalue weighted by Gasteiger charge is -2.30. The average molecular weight is 532 g/mol. The van der Waals surface area contributed by atoms with Gasteiger partial charge in [-0.05, 0) is 55.9 Å². The van der Waals surface area contributed by atoms with E-state index in [2.05, 4.69) is 20.1 Å². The SMILES string of the molecule is CCC1C[C@H](NCc2cc(C(F)(F)F)cc(C(F)(F)F)c2)CN1c1nc(N2CCCCC2)ncc1CO. The van der Waals surface area contributed by atoms with Crippen LogP contribution >= 0.6 is 0 Å². The number of piperidine rings is 1. The third-order valence-electron chi connectivity index (χ3n) is 7.04. The molecule has 0 saturated carbocycles. The Morgan fingerprint density at radius 2 is 1.65 bits per heavy atom. The van der Waals surface area contributed by atoms with E-state index in [1.807, 2.05) is 6.92 Å². The number of hydrogen-bond acceptors (Lipinski definition) is 6. The minimum Gasteiger partial charge on any atom is -0.391 e. The van der Waals surface area contributed by atoms with E-state index in [0.29, 0.717) is 30.3 Å². The first-order chi connectivity index (χ1) is 17.5. The van der Waals surface area contributed by atoms with Gasteiger partial charge >= 0.3 is 12.4 Å². The van der Waals surface area contributed by atoms with Crippen LogP contribution in [0, 0.1) is 0 Å². The summed E-state index contributed by atoms with van der Waals surface area (Å²) in [6.45, 7) is 3.79. The van der Waals surface area contributed by atoms with Gasteiger partial charge in [0.15, 0.2) is 0 Å². The summed E-state index contributed by atoms with van der Waals surface area (Å²) in [5, 5.41) is 13.1. The van der Waals surface area contributed by atoms with Crippen LogP contribution in [0.2, 0.25) is 0 Å². The molecule has 3 heterocycles. The summed E-state index contributed by atoms with van der Waals surface area (Å²) in [5.74, 6) is 1.22. The van der Waals surface area contributed by atoms with E-state index < -0.39 is 23.5 Å². The van der Waals surface area contributed by atoms with Crippen LogP contribution in [0.3, 0.4) is 0 Å². The fourth-order valence-electron chi connectivity index (χ4n) is 5.09. The molecule has 2 atom stereocenters. The molecule has 204 valence electrons. The lowest BCUT2D eigenvalue weighted by atomic mass is 10.0. The van der Waals surface area contributed by atoms with Gasteiger partial charge in [0.25, 0.3) is 0 Å². The molecule has 0 spiro atoms. The Kier molecular flexibility index (Phi) is 8.17. The molecule has 37 heavy (non-hydrogen) atoms. The van der Waals surface area contributed by atoms with Gasteiger partial charge in [-0.2, -0.15) is 31.3 Å². The Hall–Kier alpha value is -2.60. The Morgan fingerprint density at radius 1 is 1.00 bits per heavy atom. The summed E-state index contributed by atoms with van der Waals surface area (Å²) in [7, 11) is 0. The third kappa shape index (κ3) is 6.46. The van der Waals surface area contributed by atoms with Crippen molar-refractivity contribution >= 4 is 11.8 Å². The van der Waals surface area contributed by atoms with Gasteiger partial charge in [-0.15, -0.1) is 0 Å². The van der Waals surface area contributed by atoms with E-state index in [9.17, 15) is 31.4 Å². The molecule has 1 unspecified atom stereocenters. The topological polar surface area (TPSA) is 64.5 Å². The number of rotatable bonds is 7. The predicted molar refractivity (Wildman–Crippen MR) is 127 cm³/mol. The number of halogens is 6. The monoisotopic (exact) mass is 531 g/mol. The van der Waals surface area contributed by atoms with Crippen molar-refractivity contribution in [3.63, 3.8) is 0 Å². The molecule has 2 aliphatic rings. The van der Waals surface area contributed by atoms with Crippen LogP contribution in [-0.2, 0) is 25.5 Å². The molecule has 2 N–H and O–H groups in total. The summed E-state index contributed by atoms with van der Waals surface area (Å²) in [5.41, 5.74) is -2.15. The lowest BCUT2D eigenvalue weighted by Crippen LogP contribution is -2.35. The number of nitrogens with one attached hydrogen (secondary N) is 1. The van der Waals surface area contributed by atoms with Crippen LogP contribution in [0.5, 0.6) is 0 Å². The molecule has 1 aromatic heterocycles. The molecule has 4 rings (SSSR count). The maximum Gasteiger partial charge on any atom is 0.416 e. The number of nitrogens with zero attached hydrogens (tertiary/aromatic N) is 4. The van der Waals surface area contributed by atoms with Crippen molar-refractivity contribution in [1.82, 2.24) is 15.3 Å². The van der Waals surface area contributed by atoms with Crippen molar-refractivity contribution in [2.45, 2.75) is 76.6 Å². The summed E-state index contributed by atoms with van der Waals surface area (Å²) in [6.07, 6.45) is -3.48. The van der Waals surface area contributed by atoms with Crippen LogP contribution in [0.15, 0.2) is 24.4 Å². The van der Waals surface area contributed by atoms with Gasteiger partial charge in [0.2, 0.25) is 5.95 Å². The smallest absolute Gasteiger partial charge is 0.391 e. The fraction of sp³-hybridized carbons (Fsp3) is 0.600. The minimum atomic E-state index is -4.88. The molecule has 0 aliphatic carbocycles. The molecule has 12 heteroatoms. The quantitative estimate of drug-likeness (QED) is 0.483. The van der Waals surface area contributed by atoms with E-state index in [4.69, 9.17) is 4.98 Å². The largest absolute Gasteiger partial charge is 0.416 e. The zero-order chi connectivity index (χ0) is 26.8. The second kappa shape index (κ2) is 11.0. The first-order valence-electron chi connectivity index (χ1n) is 12.5. The molecule has 2 aromatic rings. The number of anilines is 2. The van der Waals surface area contributed by atoms with E-state index in [0.717, 1.165) is 50.9 Å². The minimum absolute atomic E-state index is 0.0409. The summed E-state index contributed by atoms with van der Waals surface area (Å²) >= 11 is 0. The Balaban J connectivity index is 1.52. The van der Waals surface area contributed by atoms with Gasteiger partial charge in [0.1, 0.15) is 5.82 Å². The number of aliphatic hydroxyl groups excluding tert-OH is 1. The van der Waals surface area contributed by atoms with Crippen molar-refractivity contribution in [3.8, 4) is 0 Å². The molecular formula is C25H31F6N5O. The van der Waals surface area contributed by atoms with E-state index in [1.54, 1.807) is 6.20 Å². The van der Waals surface area contributed by atoms with Gasteiger partial charge < -0.3 is 20.2 Å². The van der Waals surface area contributed by atoms with Gasteiger partial charge in [-0.3, -0.25) is 0 Å². The van der Waals surface area contributed by atoms with Crippen molar-refractivity contribution in [1.29, 1.82) is 0 Å². The van der Waals surface area contributed by atoms with E-state index in [-0.39, 0.29) is 36.9 Å². The first kappa shape index (κ1) is 27.4. The van der Waals surface area contributed by atoms with Crippen molar-refractivity contribution in [3.05, 3.63) is 46.6 Å². The van der Waals surface area contributed by atoms with Gasteiger partial charge in [-0.1, -0.05) is 6.92 Å². The fourth-order valence-corrected chi connectivity index (χ4v) is 5.09. The van der Waals surface area contributed by atoms with E-state index in [1.165, 1.54) is 0 Å². The van der Waals surface area contributed by atoms with Gasteiger partial charge in [0.05, 0.1) is 17.7 Å². The summed E-state index contributed by atoms with van der Waals surface area (Å²) in [6, 6.07) is 1.50. The Morgan fingerprint density at radius 3 is 2.22 bits per heavy atom. The van der Waals surface area contributed by atoms with Gasteiger partial charge in [0, 0.05) is 50.0 Å². The van der Waals surface area contributed by atoms with Crippen LogP contribution in [0.4, 0.5) is 38.1 Å². The molecule has 0 bridgehead atoms. The van der Waals surface area contributed by atoms with Crippen LogP contribution in [0.25, 0.3) is 0 Å². The molecule has 0 amide bonds. The zero-order valence-electron chi connectivity index (χ0n) is 20.5. The summed E-state index contributed by atoms with van der Waals surface area (Å²) in [4.78, 5) is 13.4.